The third-order valence-electron chi connectivity index (χ3n) is 3.87. The van der Waals surface area contributed by atoms with Gasteiger partial charge in [-0.1, -0.05) is 12.8 Å². The van der Waals surface area contributed by atoms with E-state index in [4.69, 9.17) is 0 Å². The molecule has 4 nitrogen and oxygen atoms in total. The van der Waals surface area contributed by atoms with Gasteiger partial charge in [-0.2, -0.15) is 0 Å². The van der Waals surface area contributed by atoms with Gasteiger partial charge in [-0.15, -0.1) is 11.3 Å². The number of hydrogen-bond donors (Lipinski definition) is 2. The molecule has 1 aliphatic rings. The van der Waals surface area contributed by atoms with Crippen molar-refractivity contribution in [3.63, 3.8) is 0 Å². The van der Waals surface area contributed by atoms with Crippen LogP contribution in [0.2, 0.25) is 0 Å². The molecule has 1 saturated carbocycles. The highest BCUT2D eigenvalue weighted by Crippen LogP contribution is 2.38. The van der Waals surface area contributed by atoms with Crippen LogP contribution in [0.4, 0.5) is 5.82 Å². The van der Waals surface area contributed by atoms with Crippen LogP contribution in [0.1, 0.15) is 25.7 Å². The number of hydrogen-bond acceptors (Lipinski definition) is 5. The standard InChI is InChI=1S/C13H17N3OS/c17-8-13(4-1-2-5-13)7-14-12-11-10(3-6-18-11)15-9-16-12/h3,6,9,17H,1-2,4-5,7-8H2,(H,14,15,16). The largest absolute Gasteiger partial charge is 0.396 e. The number of aromatic nitrogens is 2. The molecule has 2 aromatic rings. The van der Waals surface area contributed by atoms with E-state index >= 15 is 0 Å². The Bertz CT molecular complexity index is 534. The van der Waals surface area contributed by atoms with Crippen molar-refractivity contribution < 1.29 is 5.11 Å². The molecule has 0 aliphatic heterocycles. The van der Waals surface area contributed by atoms with Gasteiger partial charge in [0.1, 0.15) is 12.1 Å². The van der Waals surface area contributed by atoms with Gasteiger partial charge in [-0.05, 0) is 24.3 Å². The van der Waals surface area contributed by atoms with Crippen LogP contribution in [-0.2, 0) is 0 Å². The summed E-state index contributed by atoms with van der Waals surface area (Å²) >= 11 is 1.65. The van der Waals surface area contributed by atoms with Crippen molar-refractivity contribution in [2.75, 3.05) is 18.5 Å². The maximum Gasteiger partial charge on any atom is 0.147 e. The molecular formula is C13H17N3OS. The Labute approximate surface area is 110 Å². The maximum atomic E-state index is 9.60. The third-order valence-corrected chi connectivity index (χ3v) is 4.78. The smallest absolute Gasteiger partial charge is 0.147 e. The zero-order chi connectivity index (χ0) is 12.4. The number of aliphatic hydroxyl groups excluding tert-OH is 1. The van der Waals surface area contributed by atoms with Gasteiger partial charge in [-0.3, -0.25) is 0 Å². The number of fused-ring (bicyclic) bond motifs is 1. The van der Waals surface area contributed by atoms with E-state index < -0.39 is 0 Å². The number of anilines is 1. The van der Waals surface area contributed by atoms with E-state index in [1.807, 2.05) is 11.4 Å². The Morgan fingerprint density at radius 2 is 2.17 bits per heavy atom. The quantitative estimate of drug-likeness (QED) is 0.890. The summed E-state index contributed by atoms with van der Waals surface area (Å²) in [6.45, 7) is 1.06. The minimum atomic E-state index is 0.0501. The van der Waals surface area contributed by atoms with Gasteiger partial charge in [0, 0.05) is 12.0 Å². The van der Waals surface area contributed by atoms with Crippen molar-refractivity contribution in [2.45, 2.75) is 25.7 Å². The minimum Gasteiger partial charge on any atom is -0.396 e. The summed E-state index contributed by atoms with van der Waals surface area (Å²) in [5, 5.41) is 15.0. The molecule has 0 aromatic carbocycles. The Kier molecular flexibility index (Phi) is 3.18. The molecule has 1 aliphatic carbocycles. The van der Waals surface area contributed by atoms with Crippen molar-refractivity contribution in [1.82, 2.24) is 9.97 Å². The van der Waals surface area contributed by atoms with Crippen LogP contribution < -0.4 is 5.32 Å². The van der Waals surface area contributed by atoms with E-state index in [-0.39, 0.29) is 12.0 Å². The normalized spacial score (nSPS) is 18.3. The fraction of sp³-hybridized carbons (Fsp3) is 0.538. The molecule has 1 fully saturated rings. The second-order valence-corrected chi connectivity index (χ2v) is 5.99. The predicted molar refractivity (Wildman–Crippen MR) is 73.9 cm³/mol. The average Bonchev–Trinajstić information content (AvgIpc) is 3.06. The molecule has 0 saturated heterocycles. The van der Waals surface area contributed by atoms with Crippen LogP contribution in [0.15, 0.2) is 17.8 Å². The summed E-state index contributed by atoms with van der Waals surface area (Å²) in [7, 11) is 0. The first-order valence-corrected chi connectivity index (χ1v) is 7.24. The highest BCUT2D eigenvalue weighted by Gasteiger charge is 2.33. The van der Waals surface area contributed by atoms with Gasteiger partial charge < -0.3 is 10.4 Å². The molecule has 0 radical (unpaired) electrons. The maximum absolute atomic E-state index is 9.60. The second kappa shape index (κ2) is 4.82. The Morgan fingerprint density at radius 1 is 1.33 bits per heavy atom. The fourth-order valence-corrected chi connectivity index (χ4v) is 3.51. The lowest BCUT2D eigenvalue weighted by Crippen LogP contribution is -2.30. The first-order valence-electron chi connectivity index (χ1n) is 6.36. The molecule has 3 rings (SSSR count). The summed E-state index contributed by atoms with van der Waals surface area (Å²) in [6.07, 6.45) is 6.25. The Morgan fingerprint density at radius 3 is 2.94 bits per heavy atom. The molecule has 0 amide bonds. The van der Waals surface area contributed by atoms with E-state index in [0.29, 0.717) is 0 Å². The molecule has 5 heteroatoms. The Hall–Kier alpha value is -1.20. The van der Waals surface area contributed by atoms with Gasteiger partial charge in [0.2, 0.25) is 0 Å². The van der Waals surface area contributed by atoms with E-state index in [2.05, 4.69) is 15.3 Å². The number of thiophene rings is 1. The molecule has 0 unspecified atom stereocenters. The summed E-state index contributed by atoms with van der Waals surface area (Å²) in [5.41, 5.74) is 1.04. The molecule has 18 heavy (non-hydrogen) atoms. The number of nitrogens with zero attached hydrogens (tertiary/aromatic N) is 2. The van der Waals surface area contributed by atoms with Crippen molar-refractivity contribution in [3.8, 4) is 0 Å². The van der Waals surface area contributed by atoms with Gasteiger partial charge in [-0.25, -0.2) is 9.97 Å². The molecule has 0 bridgehead atoms. The molecule has 2 N–H and O–H groups in total. The minimum absolute atomic E-state index is 0.0501. The van der Waals surface area contributed by atoms with Crippen LogP contribution in [0.3, 0.4) is 0 Å². The number of nitrogens with one attached hydrogen (secondary N) is 1. The molecule has 2 aromatic heterocycles. The van der Waals surface area contributed by atoms with E-state index in [1.165, 1.54) is 12.8 Å². The van der Waals surface area contributed by atoms with Gasteiger partial charge in [0.15, 0.2) is 0 Å². The summed E-state index contributed by atoms with van der Waals surface area (Å²) in [5.74, 6) is 0.898. The highest BCUT2D eigenvalue weighted by atomic mass is 32.1. The predicted octanol–water partition coefficient (Wildman–Crippen LogP) is 2.66. The Balaban J connectivity index is 1.78. The zero-order valence-corrected chi connectivity index (χ0v) is 11.0. The lowest BCUT2D eigenvalue weighted by molar-refractivity contribution is 0.142. The zero-order valence-electron chi connectivity index (χ0n) is 10.2. The van der Waals surface area contributed by atoms with E-state index in [1.54, 1.807) is 17.7 Å². The third kappa shape index (κ3) is 2.08. The van der Waals surface area contributed by atoms with E-state index in [9.17, 15) is 5.11 Å². The van der Waals surface area contributed by atoms with Crippen LogP contribution in [0, 0.1) is 5.41 Å². The van der Waals surface area contributed by atoms with Crippen molar-refractivity contribution >= 4 is 27.4 Å². The molecule has 96 valence electrons. The van der Waals surface area contributed by atoms with E-state index in [0.717, 1.165) is 35.4 Å². The molecular weight excluding hydrogens is 246 g/mol. The topological polar surface area (TPSA) is 58.0 Å². The van der Waals surface area contributed by atoms with Gasteiger partial charge in [0.05, 0.1) is 16.8 Å². The van der Waals surface area contributed by atoms with Crippen LogP contribution in [0.25, 0.3) is 10.2 Å². The average molecular weight is 263 g/mol. The van der Waals surface area contributed by atoms with Crippen molar-refractivity contribution in [3.05, 3.63) is 17.8 Å². The van der Waals surface area contributed by atoms with Crippen molar-refractivity contribution in [2.24, 2.45) is 5.41 Å². The van der Waals surface area contributed by atoms with Crippen LogP contribution >= 0.6 is 11.3 Å². The molecule has 0 atom stereocenters. The molecule has 2 heterocycles. The first kappa shape index (κ1) is 11.9. The van der Waals surface area contributed by atoms with Crippen LogP contribution in [0.5, 0.6) is 0 Å². The lowest BCUT2D eigenvalue weighted by atomic mass is 9.87. The lowest BCUT2D eigenvalue weighted by Gasteiger charge is -2.26. The van der Waals surface area contributed by atoms with Gasteiger partial charge in [0.25, 0.3) is 0 Å². The van der Waals surface area contributed by atoms with Crippen molar-refractivity contribution in [1.29, 1.82) is 0 Å². The SMILES string of the molecule is OCC1(CNc2ncnc3ccsc23)CCCC1. The number of rotatable bonds is 4. The highest BCUT2D eigenvalue weighted by molar-refractivity contribution is 7.17. The summed E-state index contributed by atoms with van der Waals surface area (Å²) < 4.78 is 1.10. The number of aliphatic hydroxyl groups is 1. The van der Waals surface area contributed by atoms with Gasteiger partial charge >= 0.3 is 0 Å². The van der Waals surface area contributed by atoms with Crippen LogP contribution in [-0.4, -0.2) is 28.2 Å². The molecule has 0 spiro atoms. The fourth-order valence-electron chi connectivity index (χ4n) is 2.70. The summed E-state index contributed by atoms with van der Waals surface area (Å²) in [6, 6.07) is 2.00. The monoisotopic (exact) mass is 263 g/mol. The second-order valence-electron chi connectivity index (χ2n) is 5.08. The first-order chi connectivity index (χ1) is 8.83. The summed E-state index contributed by atoms with van der Waals surface area (Å²) in [4.78, 5) is 8.54.